The van der Waals surface area contributed by atoms with Crippen molar-refractivity contribution in [3.63, 3.8) is 0 Å². The molecule has 3 aliphatic rings. The van der Waals surface area contributed by atoms with E-state index in [-0.39, 0.29) is 36.0 Å². The fraction of sp³-hybridized carbons (Fsp3) is 0.750. The molecule has 1 aliphatic carbocycles. The number of cyclic esters (lactones) is 2. The van der Waals surface area contributed by atoms with E-state index in [0.29, 0.717) is 0 Å². The van der Waals surface area contributed by atoms with E-state index in [2.05, 4.69) is 4.74 Å². The molecular formula is C8H8O4. The molecule has 64 valence electrons. The van der Waals surface area contributed by atoms with Crippen LogP contribution in [0.5, 0.6) is 0 Å². The van der Waals surface area contributed by atoms with Crippen molar-refractivity contribution in [2.45, 2.75) is 25.0 Å². The lowest BCUT2D eigenvalue weighted by atomic mass is 9.81. The molecule has 3 rings (SSSR count). The van der Waals surface area contributed by atoms with Crippen LogP contribution in [0.4, 0.5) is 0 Å². The molecule has 0 amide bonds. The topological polar surface area (TPSA) is 55.9 Å². The van der Waals surface area contributed by atoms with E-state index in [4.69, 9.17) is 4.74 Å². The molecule has 4 heteroatoms. The zero-order valence-corrected chi connectivity index (χ0v) is 6.36. The molecule has 0 N–H and O–H groups in total. The first-order valence-corrected chi connectivity index (χ1v) is 4.18. The maximum atomic E-state index is 11.1. The van der Waals surface area contributed by atoms with E-state index >= 15 is 0 Å². The average molecular weight is 168 g/mol. The van der Waals surface area contributed by atoms with Crippen LogP contribution < -0.4 is 0 Å². The third-order valence-electron chi connectivity index (χ3n) is 2.95. The lowest BCUT2D eigenvalue weighted by molar-refractivity contribution is -0.153. The summed E-state index contributed by atoms with van der Waals surface area (Å²) in [6, 6.07) is 0. The number of carbonyl (C=O) groups is 2. The number of carbonyl (C=O) groups excluding carboxylic acids is 2. The van der Waals surface area contributed by atoms with Crippen LogP contribution in [0.1, 0.15) is 12.8 Å². The van der Waals surface area contributed by atoms with Crippen LogP contribution in [-0.2, 0) is 19.1 Å². The van der Waals surface area contributed by atoms with Gasteiger partial charge < -0.3 is 9.47 Å². The first kappa shape index (κ1) is 6.60. The highest BCUT2D eigenvalue weighted by Crippen LogP contribution is 2.47. The van der Waals surface area contributed by atoms with Gasteiger partial charge in [0.2, 0.25) is 0 Å². The van der Waals surface area contributed by atoms with Gasteiger partial charge >= 0.3 is 11.9 Å². The van der Waals surface area contributed by atoms with E-state index < -0.39 is 0 Å². The van der Waals surface area contributed by atoms with Crippen molar-refractivity contribution in [3.05, 3.63) is 0 Å². The summed E-state index contributed by atoms with van der Waals surface area (Å²) in [4.78, 5) is 22.2. The molecule has 0 aromatic carbocycles. The normalized spacial score (nSPS) is 49.7. The van der Waals surface area contributed by atoms with Crippen LogP contribution in [0, 0.1) is 11.8 Å². The van der Waals surface area contributed by atoms with Crippen molar-refractivity contribution in [3.8, 4) is 0 Å². The zero-order chi connectivity index (χ0) is 8.29. The highest BCUT2D eigenvalue weighted by Gasteiger charge is 2.60. The Balaban J connectivity index is 1.95. The molecule has 4 nitrogen and oxygen atoms in total. The smallest absolute Gasteiger partial charge is 0.320 e. The predicted octanol–water partition coefficient (Wildman–Crippen LogP) is -0.137. The van der Waals surface area contributed by atoms with Crippen molar-refractivity contribution in [2.75, 3.05) is 0 Å². The Kier molecular flexibility index (Phi) is 1.03. The summed E-state index contributed by atoms with van der Waals surface area (Å²) >= 11 is 0. The summed E-state index contributed by atoms with van der Waals surface area (Å²) in [6.45, 7) is 0. The number of hydrogen-bond acceptors (Lipinski definition) is 4. The second-order valence-electron chi connectivity index (χ2n) is 3.59. The van der Waals surface area contributed by atoms with Crippen molar-refractivity contribution in [2.24, 2.45) is 11.8 Å². The summed E-state index contributed by atoms with van der Waals surface area (Å²) in [5.74, 6) is -1.21. The van der Waals surface area contributed by atoms with Gasteiger partial charge in [-0.25, -0.2) is 0 Å². The molecule has 3 fully saturated rings. The number of rotatable bonds is 0. The van der Waals surface area contributed by atoms with Gasteiger partial charge in [-0.15, -0.1) is 0 Å². The summed E-state index contributed by atoms with van der Waals surface area (Å²) in [5, 5.41) is 0. The molecule has 0 bridgehead atoms. The Morgan fingerprint density at radius 3 is 2.83 bits per heavy atom. The first-order chi connectivity index (χ1) is 5.77. The number of esters is 2. The Morgan fingerprint density at radius 2 is 2.00 bits per heavy atom. The molecule has 0 aromatic heterocycles. The number of epoxide rings is 1. The molecule has 0 aromatic rings. The summed E-state index contributed by atoms with van der Waals surface area (Å²) < 4.78 is 9.80. The second kappa shape index (κ2) is 1.88. The van der Waals surface area contributed by atoms with E-state index in [1.807, 2.05) is 0 Å². The molecule has 4 atom stereocenters. The van der Waals surface area contributed by atoms with Gasteiger partial charge in [-0.1, -0.05) is 0 Å². The van der Waals surface area contributed by atoms with Gasteiger partial charge in [-0.05, 0) is 12.8 Å². The lowest BCUT2D eigenvalue weighted by Gasteiger charge is -2.14. The first-order valence-electron chi connectivity index (χ1n) is 4.18. The minimum Gasteiger partial charge on any atom is -0.393 e. The Morgan fingerprint density at radius 1 is 1.17 bits per heavy atom. The van der Waals surface area contributed by atoms with Gasteiger partial charge in [0.1, 0.15) is 0 Å². The quantitative estimate of drug-likeness (QED) is 0.287. The highest BCUT2D eigenvalue weighted by atomic mass is 16.6. The Hall–Kier alpha value is -0.900. The summed E-state index contributed by atoms with van der Waals surface area (Å²) in [6.07, 6.45) is 1.86. The molecular weight excluding hydrogens is 160 g/mol. The van der Waals surface area contributed by atoms with Crippen molar-refractivity contribution in [1.29, 1.82) is 0 Å². The van der Waals surface area contributed by atoms with Crippen LogP contribution in [0.2, 0.25) is 0 Å². The number of fused-ring (bicyclic) bond motifs is 3. The molecule has 0 radical (unpaired) electrons. The largest absolute Gasteiger partial charge is 0.393 e. The van der Waals surface area contributed by atoms with Crippen LogP contribution in [0.3, 0.4) is 0 Å². The summed E-state index contributed by atoms with van der Waals surface area (Å²) in [7, 11) is 0. The second-order valence-corrected chi connectivity index (χ2v) is 3.59. The summed E-state index contributed by atoms with van der Waals surface area (Å²) in [5.41, 5.74) is 0. The van der Waals surface area contributed by atoms with Crippen LogP contribution in [0.25, 0.3) is 0 Å². The van der Waals surface area contributed by atoms with Gasteiger partial charge in [0.15, 0.2) is 0 Å². The number of ether oxygens (including phenoxy) is 2. The predicted molar refractivity (Wildman–Crippen MR) is 36.0 cm³/mol. The molecule has 4 unspecified atom stereocenters. The monoisotopic (exact) mass is 168 g/mol. The Labute approximate surface area is 68.8 Å². The maximum Gasteiger partial charge on any atom is 0.320 e. The molecule has 0 spiro atoms. The van der Waals surface area contributed by atoms with E-state index in [9.17, 15) is 9.59 Å². The number of hydrogen-bond donors (Lipinski definition) is 0. The van der Waals surface area contributed by atoms with Crippen molar-refractivity contribution in [1.82, 2.24) is 0 Å². The zero-order valence-electron chi connectivity index (χ0n) is 6.36. The van der Waals surface area contributed by atoms with Crippen molar-refractivity contribution >= 4 is 11.9 Å². The van der Waals surface area contributed by atoms with E-state index in [0.717, 1.165) is 12.8 Å². The minimum atomic E-state index is -0.378. The third kappa shape index (κ3) is 0.659. The van der Waals surface area contributed by atoms with E-state index in [1.54, 1.807) is 0 Å². The fourth-order valence-electron chi connectivity index (χ4n) is 2.26. The fourth-order valence-corrected chi connectivity index (χ4v) is 2.26. The average Bonchev–Trinajstić information content (AvgIpc) is 2.74. The molecule has 2 aliphatic heterocycles. The van der Waals surface area contributed by atoms with E-state index in [1.165, 1.54) is 0 Å². The third-order valence-corrected chi connectivity index (χ3v) is 2.95. The Bertz CT molecular complexity index is 272. The van der Waals surface area contributed by atoms with Gasteiger partial charge in [-0.2, -0.15) is 0 Å². The van der Waals surface area contributed by atoms with Gasteiger partial charge in [0, 0.05) is 0 Å². The molecule has 12 heavy (non-hydrogen) atoms. The van der Waals surface area contributed by atoms with Crippen LogP contribution >= 0.6 is 0 Å². The molecule has 2 heterocycles. The highest BCUT2D eigenvalue weighted by molar-refractivity contribution is 5.97. The van der Waals surface area contributed by atoms with Gasteiger partial charge in [-0.3, -0.25) is 9.59 Å². The van der Waals surface area contributed by atoms with Crippen LogP contribution in [-0.4, -0.2) is 24.1 Å². The van der Waals surface area contributed by atoms with Gasteiger partial charge in [0.25, 0.3) is 0 Å². The lowest BCUT2D eigenvalue weighted by Crippen LogP contribution is -2.28. The molecule has 1 saturated carbocycles. The van der Waals surface area contributed by atoms with Crippen molar-refractivity contribution < 1.29 is 19.1 Å². The molecule has 2 saturated heterocycles. The van der Waals surface area contributed by atoms with Crippen LogP contribution in [0.15, 0.2) is 0 Å². The van der Waals surface area contributed by atoms with Gasteiger partial charge in [0.05, 0.1) is 24.0 Å². The standard InChI is InChI=1S/C8H8O4/c9-7-3-1-2-4-6(11-4)5(3)8(10)12-7/h3-6H,1-2H2. The maximum absolute atomic E-state index is 11.1. The SMILES string of the molecule is O=C1OC(=O)C2C1CCC1OC12. The minimum absolute atomic E-state index is 0.0114.